The Morgan fingerprint density at radius 3 is 2.31 bits per heavy atom. The van der Waals surface area contributed by atoms with Crippen molar-refractivity contribution in [1.82, 2.24) is 10.2 Å². The normalized spacial score (nSPS) is 14.7. The molecule has 5 nitrogen and oxygen atoms in total. The molecule has 0 radical (unpaired) electrons. The number of carbonyl (C=O) groups is 2. The fourth-order valence-corrected chi connectivity index (χ4v) is 4.68. The second-order valence-corrected chi connectivity index (χ2v) is 8.81. The minimum Gasteiger partial charge on any atom is -0.487 e. The van der Waals surface area contributed by atoms with E-state index in [-0.39, 0.29) is 24.7 Å². The number of hydrogen-bond donors (Lipinski definition) is 1. The zero-order valence-corrected chi connectivity index (χ0v) is 19.8. The molecule has 1 N–H and O–H groups in total. The Kier molecular flexibility index (Phi) is 6.72. The predicted molar refractivity (Wildman–Crippen MR) is 126 cm³/mol. The first kappa shape index (κ1) is 22.2. The van der Waals surface area contributed by atoms with E-state index in [1.54, 1.807) is 30.3 Å². The van der Waals surface area contributed by atoms with Crippen LogP contribution in [0.3, 0.4) is 0 Å². The molecular formula is C24H17Br2FN2O3. The molecule has 32 heavy (non-hydrogen) atoms. The Morgan fingerprint density at radius 1 is 0.938 bits per heavy atom. The number of urea groups is 1. The molecule has 1 heterocycles. The van der Waals surface area contributed by atoms with E-state index >= 15 is 0 Å². The van der Waals surface area contributed by atoms with Crippen LogP contribution in [0, 0.1) is 5.82 Å². The van der Waals surface area contributed by atoms with Gasteiger partial charge in [-0.3, -0.25) is 9.69 Å². The fraction of sp³-hybridized carbons (Fsp3) is 0.0833. The van der Waals surface area contributed by atoms with Gasteiger partial charge >= 0.3 is 6.03 Å². The number of nitrogens with zero attached hydrogens (tertiary/aromatic N) is 1. The Morgan fingerprint density at radius 2 is 1.62 bits per heavy atom. The maximum atomic E-state index is 13.4. The molecule has 0 saturated carbocycles. The van der Waals surface area contributed by atoms with Gasteiger partial charge in [-0.1, -0.05) is 42.5 Å². The Bertz CT molecular complexity index is 1190. The van der Waals surface area contributed by atoms with E-state index in [2.05, 4.69) is 37.2 Å². The predicted octanol–water partition coefficient (Wildman–Crippen LogP) is 6.02. The summed E-state index contributed by atoms with van der Waals surface area (Å²) in [4.78, 5) is 26.2. The van der Waals surface area contributed by atoms with E-state index in [9.17, 15) is 14.0 Å². The number of ether oxygens (including phenoxy) is 1. The minimum atomic E-state index is -0.460. The molecule has 1 aliphatic rings. The number of halogens is 3. The van der Waals surface area contributed by atoms with Gasteiger partial charge in [-0.25, -0.2) is 9.18 Å². The SMILES string of the molecule is O=C1N/C(=C/c2cc(Br)c(OCc3cccc(F)c3)c(Br)c2)C(=O)N1Cc1ccccc1. The van der Waals surface area contributed by atoms with Crippen molar-refractivity contribution in [2.75, 3.05) is 0 Å². The van der Waals surface area contributed by atoms with Crippen LogP contribution in [0.5, 0.6) is 5.75 Å². The third-order valence-electron chi connectivity index (χ3n) is 4.75. The van der Waals surface area contributed by atoms with Gasteiger partial charge in [-0.15, -0.1) is 0 Å². The molecule has 0 bridgehead atoms. The summed E-state index contributed by atoms with van der Waals surface area (Å²) in [5, 5.41) is 2.63. The second kappa shape index (κ2) is 9.67. The van der Waals surface area contributed by atoms with Crippen LogP contribution in [-0.2, 0) is 17.9 Å². The van der Waals surface area contributed by atoms with Crippen LogP contribution in [0.1, 0.15) is 16.7 Å². The van der Waals surface area contributed by atoms with E-state index in [1.807, 2.05) is 30.3 Å². The van der Waals surface area contributed by atoms with Gasteiger partial charge in [0.25, 0.3) is 5.91 Å². The van der Waals surface area contributed by atoms with E-state index in [0.29, 0.717) is 25.8 Å². The largest absolute Gasteiger partial charge is 0.487 e. The molecule has 0 aromatic heterocycles. The van der Waals surface area contributed by atoms with Crippen molar-refractivity contribution in [2.24, 2.45) is 0 Å². The van der Waals surface area contributed by atoms with E-state index in [1.165, 1.54) is 17.0 Å². The molecule has 1 fully saturated rings. The number of carbonyl (C=O) groups excluding carboxylic acids is 2. The lowest BCUT2D eigenvalue weighted by atomic mass is 10.1. The maximum absolute atomic E-state index is 13.4. The van der Waals surface area contributed by atoms with Crippen molar-refractivity contribution in [3.63, 3.8) is 0 Å². The molecule has 8 heteroatoms. The summed E-state index contributed by atoms with van der Waals surface area (Å²) in [5.74, 6) is -0.169. The molecule has 1 aliphatic heterocycles. The highest BCUT2D eigenvalue weighted by Gasteiger charge is 2.33. The fourth-order valence-electron chi connectivity index (χ4n) is 3.23. The average molecular weight is 560 g/mol. The number of benzene rings is 3. The standard InChI is InChI=1S/C24H17Br2FN2O3/c25-19-10-17(11-20(26)22(19)32-14-16-7-4-8-18(27)9-16)12-21-23(30)29(24(31)28-21)13-15-5-2-1-3-6-15/h1-12H,13-14H2,(H,28,31)/b21-12+. The highest BCUT2D eigenvalue weighted by atomic mass is 79.9. The summed E-state index contributed by atoms with van der Waals surface area (Å²) in [6.07, 6.45) is 1.61. The molecule has 0 atom stereocenters. The first-order chi connectivity index (χ1) is 15.4. The highest BCUT2D eigenvalue weighted by molar-refractivity contribution is 9.11. The number of nitrogens with one attached hydrogen (secondary N) is 1. The van der Waals surface area contributed by atoms with Gasteiger partial charge in [-0.2, -0.15) is 0 Å². The third kappa shape index (κ3) is 5.08. The van der Waals surface area contributed by atoms with Crippen LogP contribution >= 0.6 is 31.9 Å². The minimum absolute atomic E-state index is 0.193. The molecule has 3 aromatic rings. The van der Waals surface area contributed by atoms with Gasteiger partial charge in [-0.05, 0) is 78.9 Å². The van der Waals surface area contributed by atoms with Crippen LogP contribution < -0.4 is 10.1 Å². The molecule has 1 saturated heterocycles. The van der Waals surface area contributed by atoms with Crippen LogP contribution in [-0.4, -0.2) is 16.8 Å². The monoisotopic (exact) mass is 558 g/mol. The first-order valence-corrected chi connectivity index (χ1v) is 11.2. The molecule has 3 amide bonds. The summed E-state index contributed by atoms with van der Waals surface area (Å²) >= 11 is 6.95. The summed E-state index contributed by atoms with van der Waals surface area (Å²) in [7, 11) is 0. The van der Waals surface area contributed by atoms with Gasteiger partial charge in [0, 0.05) is 0 Å². The lowest BCUT2D eigenvalue weighted by molar-refractivity contribution is -0.123. The molecule has 0 spiro atoms. The van der Waals surface area contributed by atoms with Gasteiger partial charge < -0.3 is 10.1 Å². The lowest BCUT2D eigenvalue weighted by Gasteiger charge is -2.12. The van der Waals surface area contributed by atoms with Crippen LogP contribution in [0.15, 0.2) is 81.4 Å². The van der Waals surface area contributed by atoms with Gasteiger partial charge in [0.1, 0.15) is 23.9 Å². The number of hydrogen-bond acceptors (Lipinski definition) is 3. The van der Waals surface area contributed by atoms with Crippen molar-refractivity contribution in [3.8, 4) is 5.75 Å². The second-order valence-electron chi connectivity index (χ2n) is 7.10. The molecular weight excluding hydrogens is 543 g/mol. The summed E-state index contributed by atoms with van der Waals surface area (Å²) in [6.45, 7) is 0.390. The zero-order valence-electron chi connectivity index (χ0n) is 16.6. The summed E-state index contributed by atoms with van der Waals surface area (Å²) in [6, 6.07) is 18.6. The maximum Gasteiger partial charge on any atom is 0.329 e. The Balaban J connectivity index is 1.50. The van der Waals surface area contributed by atoms with Gasteiger partial charge in [0.15, 0.2) is 0 Å². The smallest absolute Gasteiger partial charge is 0.329 e. The van der Waals surface area contributed by atoms with E-state index < -0.39 is 11.9 Å². The topological polar surface area (TPSA) is 58.6 Å². The first-order valence-electron chi connectivity index (χ1n) is 9.65. The molecule has 162 valence electrons. The molecule has 0 aliphatic carbocycles. The van der Waals surface area contributed by atoms with Crippen molar-refractivity contribution >= 4 is 49.9 Å². The van der Waals surface area contributed by atoms with Crippen molar-refractivity contribution in [2.45, 2.75) is 13.2 Å². The number of rotatable bonds is 6. The van der Waals surface area contributed by atoms with Gasteiger partial charge in [0.05, 0.1) is 15.5 Å². The summed E-state index contributed by atoms with van der Waals surface area (Å²) in [5.41, 5.74) is 2.44. The molecule has 0 unspecified atom stereocenters. The molecule has 4 rings (SSSR count). The van der Waals surface area contributed by atoms with Crippen LogP contribution in [0.2, 0.25) is 0 Å². The Hall–Kier alpha value is -2.97. The van der Waals surface area contributed by atoms with Crippen molar-refractivity contribution in [3.05, 3.63) is 104 Å². The molecule has 3 aromatic carbocycles. The van der Waals surface area contributed by atoms with Crippen LogP contribution in [0.25, 0.3) is 6.08 Å². The third-order valence-corrected chi connectivity index (χ3v) is 5.93. The quantitative estimate of drug-likeness (QED) is 0.297. The van der Waals surface area contributed by atoms with Gasteiger partial charge in [0.2, 0.25) is 0 Å². The van der Waals surface area contributed by atoms with Crippen molar-refractivity contribution < 1.29 is 18.7 Å². The number of amides is 3. The highest BCUT2D eigenvalue weighted by Crippen LogP contribution is 2.36. The van der Waals surface area contributed by atoms with E-state index in [0.717, 1.165) is 5.56 Å². The average Bonchev–Trinajstić information content (AvgIpc) is 3.01. The zero-order chi connectivity index (χ0) is 22.7. The Labute approximate surface area is 201 Å². The summed E-state index contributed by atoms with van der Waals surface area (Å²) < 4.78 is 20.5. The van der Waals surface area contributed by atoms with Crippen LogP contribution in [0.4, 0.5) is 9.18 Å². The van der Waals surface area contributed by atoms with Crippen molar-refractivity contribution in [1.29, 1.82) is 0 Å². The lowest BCUT2D eigenvalue weighted by Crippen LogP contribution is -2.30. The number of imide groups is 1. The van der Waals surface area contributed by atoms with E-state index in [4.69, 9.17) is 4.74 Å².